The number of fused-ring (bicyclic) bond motifs is 2. The van der Waals surface area contributed by atoms with Crippen LogP contribution in [0.25, 0.3) is 16.5 Å². The lowest BCUT2D eigenvalue weighted by atomic mass is 9.82. The van der Waals surface area contributed by atoms with E-state index in [9.17, 15) is 4.79 Å². The van der Waals surface area contributed by atoms with E-state index in [-0.39, 0.29) is 6.03 Å². The second-order valence-corrected chi connectivity index (χ2v) is 8.01. The van der Waals surface area contributed by atoms with Gasteiger partial charge in [0, 0.05) is 30.3 Å². The molecule has 6 heteroatoms. The minimum atomic E-state index is -0.0368. The average Bonchev–Trinajstić information content (AvgIpc) is 2.98. The standard InChI is InChI=1S/C21H28N4OS/c1-4-24(5-2)21(26)23-25-18-10-6-8-15-14-9-7-11-22-17(14)12-16(20(15)18)19(25)13-27-3/h6,8-10,17,22H,4-5,7,11-13H2,1-3H3,(H,23,26)/t17-/m1/s1. The number of hydrogen-bond donors (Lipinski definition) is 2. The molecule has 0 saturated heterocycles. The van der Waals surface area contributed by atoms with Crippen molar-refractivity contribution in [3.8, 4) is 0 Å². The Morgan fingerprint density at radius 1 is 1.37 bits per heavy atom. The van der Waals surface area contributed by atoms with Crippen LogP contribution in [-0.2, 0) is 12.2 Å². The van der Waals surface area contributed by atoms with E-state index >= 15 is 0 Å². The molecule has 5 nitrogen and oxygen atoms in total. The Bertz CT molecular complexity index is 897. The quantitative estimate of drug-likeness (QED) is 0.824. The van der Waals surface area contributed by atoms with E-state index in [4.69, 9.17) is 0 Å². The average molecular weight is 385 g/mol. The fourth-order valence-electron chi connectivity index (χ4n) is 4.44. The Labute approximate surface area is 165 Å². The van der Waals surface area contributed by atoms with Crippen LogP contribution in [0.4, 0.5) is 4.79 Å². The maximum Gasteiger partial charge on any atom is 0.336 e. The Morgan fingerprint density at radius 2 is 2.19 bits per heavy atom. The van der Waals surface area contributed by atoms with Crippen LogP contribution in [0.2, 0.25) is 0 Å². The molecule has 1 aliphatic carbocycles. The van der Waals surface area contributed by atoms with E-state index in [2.05, 4.69) is 41.3 Å². The molecule has 2 aromatic rings. The lowest BCUT2D eigenvalue weighted by Crippen LogP contribution is -2.39. The Morgan fingerprint density at radius 3 is 2.93 bits per heavy atom. The molecule has 0 bridgehead atoms. The van der Waals surface area contributed by atoms with Crippen molar-refractivity contribution in [2.24, 2.45) is 0 Å². The number of aromatic nitrogens is 1. The second-order valence-electron chi connectivity index (χ2n) is 7.14. The second kappa shape index (κ2) is 7.60. The summed E-state index contributed by atoms with van der Waals surface area (Å²) in [6, 6.07) is 6.82. The summed E-state index contributed by atoms with van der Waals surface area (Å²) in [7, 11) is 0. The smallest absolute Gasteiger partial charge is 0.324 e. The van der Waals surface area contributed by atoms with Crippen molar-refractivity contribution in [3.05, 3.63) is 41.1 Å². The largest absolute Gasteiger partial charge is 0.336 e. The summed E-state index contributed by atoms with van der Waals surface area (Å²) in [5, 5.41) is 4.99. The van der Waals surface area contributed by atoms with Crippen molar-refractivity contribution < 1.29 is 4.79 Å². The van der Waals surface area contributed by atoms with Crippen LogP contribution in [0.5, 0.6) is 0 Å². The third-order valence-corrected chi connectivity index (χ3v) is 6.30. The van der Waals surface area contributed by atoms with Crippen LogP contribution in [0.3, 0.4) is 0 Å². The lowest BCUT2D eigenvalue weighted by molar-refractivity contribution is 0.214. The molecule has 2 heterocycles. The third kappa shape index (κ3) is 3.05. The molecule has 2 amide bonds. The van der Waals surface area contributed by atoms with Crippen LogP contribution in [0.1, 0.15) is 37.1 Å². The first kappa shape index (κ1) is 18.4. The first-order valence-electron chi connectivity index (χ1n) is 9.83. The number of nitrogens with one attached hydrogen (secondary N) is 2. The molecule has 144 valence electrons. The van der Waals surface area contributed by atoms with Gasteiger partial charge < -0.3 is 10.2 Å². The van der Waals surface area contributed by atoms with Gasteiger partial charge >= 0.3 is 6.03 Å². The van der Waals surface area contributed by atoms with E-state index in [0.717, 1.165) is 30.7 Å². The van der Waals surface area contributed by atoms with Crippen molar-refractivity contribution in [1.82, 2.24) is 14.9 Å². The maximum absolute atomic E-state index is 12.8. The Hall–Kier alpha value is -1.92. The summed E-state index contributed by atoms with van der Waals surface area (Å²) >= 11 is 1.80. The van der Waals surface area contributed by atoms with Crippen molar-refractivity contribution >= 4 is 34.3 Å². The number of nitrogens with zero attached hydrogens (tertiary/aromatic N) is 2. The van der Waals surface area contributed by atoms with E-state index < -0.39 is 0 Å². The summed E-state index contributed by atoms with van der Waals surface area (Å²) in [6.45, 7) is 6.48. The van der Waals surface area contributed by atoms with Gasteiger partial charge in [0.05, 0.1) is 11.2 Å². The number of benzene rings is 1. The number of amides is 2. The zero-order valence-corrected chi connectivity index (χ0v) is 17.2. The molecule has 0 unspecified atom stereocenters. The number of urea groups is 1. The van der Waals surface area contributed by atoms with Gasteiger partial charge in [-0.15, -0.1) is 0 Å². The molecule has 2 N–H and O–H groups in total. The van der Waals surface area contributed by atoms with Gasteiger partial charge in [-0.25, -0.2) is 10.2 Å². The van der Waals surface area contributed by atoms with Gasteiger partial charge in [-0.2, -0.15) is 11.8 Å². The summed E-state index contributed by atoms with van der Waals surface area (Å²) in [5.74, 6) is 0.883. The number of carbonyl (C=O) groups is 1. The van der Waals surface area contributed by atoms with Crippen molar-refractivity contribution in [2.45, 2.75) is 38.5 Å². The normalized spacial score (nSPS) is 18.2. The number of carbonyl (C=O) groups excluding carboxylic acids is 1. The predicted octanol–water partition coefficient (Wildman–Crippen LogP) is 3.81. The third-order valence-electron chi connectivity index (χ3n) is 5.74. The Kier molecular flexibility index (Phi) is 5.19. The van der Waals surface area contributed by atoms with Gasteiger partial charge in [-0.1, -0.05) is 18.2 Å². The van der Waals surface area contributed by atoms with Gasteiger partial charge in [0.1, 0.15) is 0 Å². The molecule has 1 aliphatic heterocycles. The zero-order chi connectivity index (χ0) is 19.0. The fraction of sp³-hybridized carbons (Fsp3) is 0.476. The summed E-state index contributed by atoms with van der Waals surface area (Å²) in [5.41, 5.74) is 9.63. The minimum Gasteiger partial charge on any atom is -0.324 e. The molecule has 2 aliphatic rings. The highest BCUT2D eigenvalue weighted by atomic mass is 32.2. The van der Waals surface area contributed by atoms with E-state index in [1.165, 1.54) is 27.8 Å². The highest BCUT2D eigenvalue weighted by Crippen LogP contribution is 2.41. The van der Waals surface area contributed by atoms with Crippen LogP contribution in [-0.4, -0.2) is 47.5 Å². The van der Waals surface area contributed by atoms with Crippen LogP contribution in [0.15, 0.2) is 24.3 Å². The first-order chi connectivity index (χ1) is 13.2. The first-order valence-corrected chi connectivity index (χ1v) is 11.2. The summed E-state index contributed by atoms with van der Waals surface area (Å²) in [6.07, 6.45) is 6.58. The molecule has 1 aromatic carbocycles. The number of rotatable bonds is 5. The topological polar surface area (TPSA) is 49.3 Å². The molecule has 4 rings (SSSR count). The molecule has 1 aromatic heterocycles. The molecule has 0 saturated carbocycles. The molecular formula is C21H28N4OS. The van der Waals surface area contributed by atoms with Gasteiger partial charge in [0.25, 0.3) is 0 Å². The van der Waals surface area contributed by atoms with E-state index in [0.29, 0.717) is 19.1 Å². The predicted molar refractivity (Wildman–Crippen MR) is 115 cm³/mol. The molecular weight excluding hydrogens is 356 g/mol. The SMILES string of the molecule is CCN(CC)C(=O)Nn1c(CSC)c2c3c(cccc31)C1=CCCN[C@@H]1C2. The highest BCUT2D eigenvalue weighted by molar-refractivity contribution is 7.97. The van der Waals surface area contributed by atoms with E-state index in [1.807, 2.05) is 23.4 Å². The van der Waals surface area contributed by atoms with Crippen LogP contribution in [0, 0.1) is 0 Å². The molecule has 0 spiro atoms. The molecule has 0 fully saturated rings. The van der Waals surface area contributed by atoms with Gasteiger partial charge in [-0.3, -0.25) is 4.68 Å². The van der Waals surface area contributed by atoms with Crippen LogP contribution < -0.4 is 10.7 Å². The fourth-order valence-corrected chi connectivity index (χ4v) is 5.02. The highest BCUT2D eigenvalue weighted by Gasteiger charge is 2.31. The molecule has 0 radical (unpaired) electrons. The van der Waals surface area contributed by atoms with Crippen LogP contribution >= 0.6 is 11.8 Å². The van der Waals surface area contributed by atoms with Gasteiger partial charge in [0.15, 0.2) is 0 Å². The molecule has 1 atom stereocenters. The molecule has 27 heavy (non-hydrogen) atoms. The van der Waals surface area contributed by atoms with Gasteiger partial charge in [0.2, 0.25) is 0 Å². The van der Waals surface area contributed by atoms with Crippen molar-refractivity contribution in [3.63, 3.8) is 0 Å². The van der Waals surface area contributed by atoms with Gasteiger partial charge in [-0.05, 0) is 62.3 Å². The minimum absolute atomic E-state index is 0.0368. The number of thioether (sulfide) groups is 1. The summed E-state index contributed by atoms with van der Waals surface area (Å²) in [4.78, 5) is 14.6. The number of hydrogen-bond acceptors (Lipinski definition) is 3. The maximum atomic E-state index is 12.8. The zero-order valence-electron chi connectivity index (χ0n) is 16.3. The van der Waals surface area contributed by atoms with E-state index in [1.54, 1.807) is 11.8 Å². The lowest BCUT2D eigenvalue weighted by Gasteiger charge is -2.30. The summed E-state index contributed by atoms with van der Waals surface area (Å²) < 4.78 is 2.04. The monoisotopic (exact) mass is 384 g/mol. The van der Waals surface area contributed by atoms with Crippen molar-refractivity contribution in [1.29, 1.82) is 0 Å². The van der Waals surface area contributed by atoms with Crippen molar-refractivity contribution in [2.75, 3.05) is 31.3 Å². The Balaban J connectivity index is 1.87.